The van der Waals surface area contributed by atoms with Crippen molar-refractivity contribution in [3.05, 3.63) is 51.6 Å². The minimum Gasteiger partial charge on any atom is -0.382 e. The van der Waals surface area contributed by atoms with Crippen molar-refractivity contribution in [1.82, 2.24) is 4.98 Å². The maximum Gasteiger partial charge on any atom is 0.0785 e. The molecule has 1 aromatic heterocycles. The summed E-state index contributed by atoms with van der Waals surface area (Å²) in [6.07, 6.45) is 1.70. The molecule has 5 heteroatoms. The van der Waals surface area contributed by atoms with Crippen molar-refractivity contribution in [2.75, 3.05) is 13.2 Å². The molecule has 108 valence electrons. The molecule has 2 rings (SSSR count). The highest BCUT2D eigenvalue weighted by molar-refractivity contribution is 6.49. The zero-order chi connectivity index (χ0) is 15.0. The van der Waals surface area contributed by atoms with E-state index in [4.69, 9.17) is 39.5 Å². The highest BCUT2D eigenvalue weighted by Gasteiger charge is 2.10. The van der Waals surface area contributed by atoms with Gasteiger partial charge in [0.15, 0.2) is 0 Å². The molecule has 0 aliphatic heterocycles. The van der Waals surface area contributed by atoms with E-state index in [0.29, 0.717) is 15.1 Å². The van der Waals surface area contributed by atoms with Crippen LogP contribution in [-0.2, 0) is 4.74 Å². The van der Waals surface area contributed by atoms with Gasteiger partial charge in [-0.15, -0.1) is 0 Å². The summed E-state index contributed by atoms with van der Waals surface area (Å²) in [5, 5.41) is 1.24. The molecule has 0 radical (unpaired) electrons. The average Bonchev–Trinajstić information content (AvgIpc) is 2.47. The van der Waals surface area contributed by atoms with Gasteiger partial charge in [0, 0.05) is 25.0 Å². The molecule has 0 spiro atoms. The first-order valence-corrected chi connectivity index (χ1v) is 7.37. The fourth-order valence-electron chi connectivity index (χ4n) is 1.45. The van der Waals surface area contributed by atoms with Crippen LogP contribution in [-0.4, -0.2) is 18.2 Å². The Morgan fingerprint density at radius 3 is 2.15 bits per heavy atom. The van der Waals surface area contributed by atoms with Gasteiger partial charge < -0.3 is 4.74 Å². The number of benzene rings is 1. The van der Waals surface area contributed by atoms with Crippen molar-refractivity contribution in [2.24, 2.45) is 0 Å². The summed E-state index contributed by atoms with van der Waals surface area (Å²) >= 11 is 17.9. The first-order chi connectivity index (χ1) is 9.61. The largest absolute Gasteiger partial charge is 0.382 e. The average molecular weight is 333 g/mol. The van der Waals surface area contributed by atoms with Crippen molar-refractivity contribution in [1.29, 1.82) is 0 Å². The Balaban J connectivity index is 0.000000347. The van der Waals surface area contributed by atoms with Crippen LogP contribution < -0.4 is 0 Å². The van der Waals surface area contributed by atoms with Gasteiger partial charge in [-0.25, -0.2) is 0 Å². The van der Waals surface area contributed by atoms with Gasteiger partial charge in [-0.3, -0.25) is 4.98 Å². The van der Waals surface area contributed by atoms with E-state index in [1.54, 1.807) is 18.3 Å². The lowest BCUT2D eigenvalue weighted by molar-refractivity contribution is 0.162. The van der Waals surface area contributed by atoms with E-state index in [1.807, 2.05) is 32.0 Å². The molecule has 0 amide bonds. The molecular weight excluding hydrogens is 317 g/mol. The van der Waals surface area contributed by atoms with Gasteiger partial charge >= 0.3 is 0 Å². The lowest BCUT2D eigenvalue weighted by Gasteiger charge is -2.05. The maximum atomic E-state index is 6.08. The molecule has 0 aliphatic carbocycles. The number of pyridine rings is 1. The molecule has 0 saturated heterocycles. The van der Waals surface area contributed by atoms with Crippen LogP contribution in [0.15, 0.2) is 36.5 Å². The first kappa shape index (κ1) is 17.3. The van der Waals surface area contributed by atoms with Gasteiger partial charge in [0.25, 0.3) is 0 Å². The van der Waals surface area contributed by atoms with Gasteiger partial charge in [-0.2, -0.15) is 0 Å². The van der Waals surface area contributed by atoms with Crippen LogP contribution in [0.25, 0.3) is 11.3 Å². The molecule has 0 bridgehead atoms. The summed E-state index contributed by atoms with van der Waals surface area (Å²) in [5.74, 6) is 0. The lowest BCUT2D eigenvalue weighted by atomic mass is 10.1. The summed E-state index contributed by atoms with van der Waals surface area (Å²) in [6.45, 7) is 5.67. The van der Waals surface area contributed by atoms with Gasteiger partial charge in [-0.05, 0) is 38.1 Å². The van der Waals surface area contributed by atoms with Crippen molar-refractivity contribution < 1.29 is 4.74 Å². The number of hydrogen-bond donors (Lipinski definition) is 0. The Morgan fingerprint density at radius 1 is 0.950 bits per heavy atom. The predicted octanol–water partition coefficient (Wildman–Crippen LogP) is 5.75. The van der Waals surface area contributed by atoms with Crippen LogP contribution in [0.1, 0.15) is 13.8 Å². The second kappa shape index (κ2) is 9.19. The van der Waals surface area contributed by atoms with Crippen LogP contribution in [0.2, 0.25) is 15.1 Å². The number of aromatic nitrogens is 1. The van der Waals surface area contributed by atoms with Crippen LogP contribution in [0.4, 0.5) is 0 Å². The van der Waals surface area contributed by atoms with Crippen molar-refractivity contribution >= 4 is 34.8 Å². The zero-order valence-corrected chi connectivity index (χ0v) is 13.6. The fourth-order valence-corrected chi connectivity index (χ4v) is 2.08. The quantitative estimate of drug-likeness (QED) is 0.667. The Bertz CT molecular complexity index is 530. The second-order valence-electron chi connectivity index (χ2n) is 3.72. The highest BCUT2D eigenvalue weighted by Crippen LogP contribution is 2.36. The molecule has 0 atom stereocenters. The highest BCUT2D eigenvalue weighted by atomic mass is 35.5. The van der Waals surface area contributed by atoms with Crippen molar-refractivity contribution in [2.45, 2.75) is 13.8 Å². The lowest BCUT2D eigenvalue weighted by Crippen LogP contribution is -1.84. The standard InChI is InChI=1S/C11H6Cl3N.C4H10O/c12-8-5-4-7(10(13)11(8)14)9-3-1-2-6-15-9;1-3-5-4-2/h1-6H;3-4H2,1-2H3. The number of hydrogen-bond acceptors (Lipinski definition) is 2. The predicted molar refractivity (Wildman–Crippen MR) is 86.9 cm³/mol. The first-order valence-electron chi connectivity index (χ1n) is 6.24. The Morgan fingerprint density at radius 2 is 1.65 bits per heavy atom. The maximum absolute atomic E-state index is 6.08. The van der Waals surface area contributed by atoms with Gasteiger partial charge in [-0.1, -0.05) is 40.9 Å². The normalized spacial score (nSPS) is 9.85. The third-order valence-electron chi connectivity index (χ3n) is 2.38. The third-order valence-corrected chi connectivity index (χ3v) is 3.68. The number of rotatable bonds is 3. The Kier molecular flexibility index (Phi) is 7.93. The molecule has 20 heavy (non-hydrogen) atoms. The SMILES string of the molecule is CCOCC.Clc1ccc(-c2ccccn2)c(Cl)c1Cl. The zero-order valence-electron chi connectivity index (χ0n) is 11.4. The summed E-state index contributed by atoms with van der Waals surface area (Å²) in [5.41, 5.74) is 1.56. The van der Waals surface area contributed by atoms with Crippen LogP contribution in [0.5, 0.6) is 0 Å². The number of nitrogens with zero attached hydrogens (tertiary/aromatic N) is 1. The molecule has 2 nitrogen and oxygen atoms in total. The summed E-state index contributed by atoms with van der Waals surface area (Å²) in [4.78, 5) is 4.19. The van der Waals surface area contributed by atoms with Gasteiger partial charge in [0.1, 0.15) is 0 Å². The van der Waals surface area contributed by atoms with E-state index in [2.05, 4.69) is 4.98 Å². The molecule has 0 unspecified atom stereocenters. The van der Waals surface area contributed by atoms with Crippen molar-refractivity contribution in [3.8, 4) is 11.3 Å². The van der Waals surface area contributed by atoms with Gasteiger partial charge in [0.05, 0.1) is 20.8 Å². The van der Waals surface area contributed by atoms with E-state index in [0.717, 1.165) is 24.5 Å². The number of ether oxygens (including phenoxy) is 1. The van der Waals surface area contributed by atoms with E-state index in [1.165, 1.54) is 0 Å². The van der Waals surface area contributed by atoms with Gasteiger partial charge in [0.2, 0.25) is 0 Å². The minimum atomic E-state index is 0.362. The smallest absolute Gasteiger partial charge is 0.0785 e. The van der Waals surface area contributed by atoms with Crippen LogP contribution >= 0.6 is 34.8 Å². The van der Waals surface area contributed by atoms with E-state index >= 15 is 0 Å². The van der Waals surface area contributed by atoms with Crippen LogP contribution in [0.3, 0.4) is 0 Å². The molecule has 2 aromatic rings. The second-order valence-corrected chi connectivity index (χ2v) is 4.88. The Labute approximate surface area is 134 Å². The molecule has 0 N–H and O–H groups in total. The minimum absolute atomic E-state index is 0.362. The third kappa shape index (κ3) is 4.95. The fraction of sp³-hybridized carbons (Fsp3) is 0.267. The molecule has 1 aromatic carbocycles. The monoisotopic (exact) mass is 331 g/mol. The molecule has 1 heterocycles. The molecular formula is C15H16Cl3NO. The van der Waals surface area contributed by atoms with Crippen molar-refractivity contribution in [3.63, 3.8) is 0 Å². The topological polar surface area (TPSA) is 22.1 Å². The Hall–Kier alpha value is -0.800. The van der Waals surface area contributed by atoms with E-state index in [9.17, 15) is 0 Å². The van der Waals surface area contributed by atoms with E-state index in [-0.39, 0.29) is 0 Å². The summed E-state index contributed by atoms with van der Waals surface area (Å²) < 4.78 is 4.83. The van der Waals surface area contributed by atoms with E-state index < -0.39 is 0 Å². The molecule has 0 fully saturated rings. The number of halogens is 3. The molecule has 0 saturated carbocycles. The summed E-state index contributed by atoms with van der Waals surface area (Å²) in [6, 6.07) is 9.11. The van der Waals surface area contributed by atoms with Crippen LogP contribution in [0, 0.1) is 0 Å². The molecule has 0 aliphatic rings. The summed E-state index contributed by atoms with van der Waals surface area (Å²) in [7, 11) is 0.